The Morgan fingerprint density at radius 1 is 1.44 bits per heavy atom. The first-order valence-electron chi connectivity index (χ1n) is 6.37. The highest BCUT2D eigenvalue weighted by Crippen LogP contribution is 2.32. The number of hydrogen-bond acceptors (Lipinski definition) is 3. The summed E-state index contributed by atoms with van der Waals surface area (Å²) in [5, 5.41) is 0. The quantitative estimate of drug-likeness (QED) is 0.822. The van der Waals surface area contributed by atoms with Gasteiger partial charge >= 0.3 is 0 Å². The molecular formula is C14H20N2O2. The van der Waals surface area contributed by atoms with Crippen molar-refractivity contribution in [2.45, 2.75) is 38.7 Å². The molecule has 4 heteroatoms. The zero-order valence-electron chi connectivity index (χ0n) is 11.4. The van der Waals surface area contributed by atoms with Crippen LogP contribution in [-0.4, -0.2) is 36.0 Å². The number of ether oxygens (including phenoxy) is 1. The number of hydrogen-bond donors (Lipinski definition) is 0. The number of amides is 1. The number of carbonyl (C=O) groups excluding carboxylic acids is 1. The van der Waals surface area contributed by atoms with Crippen molar-refractivity contribution >= 4 is 5.91 Å². The summed E-state index contributed by atoms with van der Waals surface area (Å²) >= 11 is 0. The summed E-state index contributed by atoms with van der Waals surface area (Å²) in [4.78, 5) is 17.7. The molecular weight excluding hydrogens is 228 g/mol. The van der Waals surface area contributed by atoms with Crippen molar-refractivity contribution in [1.29, 1.82) is 0 Å². The van der Waals surface area contributed by atoms with E-state index in [1.807, 2.05) is 0 Å². The van der Waals surface area contributed by atoms with Crippen LogP contribution in [0, 0.1) is 0 Å². The minimum absolute atomic E-state index is 0.0917. The molecule has 0 unspecified atom stereocenters. The second-order valence-electron chi connectivity index (χ2n) is 5.28. The van der Waals surface area contributed by atoms with Crippen molar-refractivity contribution in [3.63, 3.8) is 0 Å². The van der Waals surface area contributed by atoms with Crippen molar-refractivity contribution in [2.24, 2.45) is 0 Å². The van der Waals surface area contributed by atoms with E-state index in [0.29, 0.717) is 17.7 Å². The summed E-state index contributed by atoms with van der Waals surface area (Å²) in [6, 6.07) is 1.77. The van der Waals surface area contributed by atoms with Crippen LogP contribution in [-0.2, 0) is 0 Å². The average Bonchev–Trinajstić information content (AvgIpc) is 3.11. The molecule has 1 heterocycles. The third-order valence-corrected chi connectivity index (χ3v) is 2.96. The van der Waals surface area contributed by atoms with Gasteiger partial charge in [-0.05, 0) is 18.8 Å². The van der Waals surface area contributed by atoms with Crippen LogP contribution in [0.25, 0.3) is 0 Å². The first kappa shape index (κ1) is 12.9. The Bertz CT molecular complexity index is 451. The first-order valence-corrected chi connectivity index (χ1v) is 6.37. The number of rotatable bonds is 4. The summed E-state index contributed by atoms with van der Waals surface area (Å²) in [7, 11) is 3.45. The van der Waals surface area contributed by atoms with Gasteiger partial charge in [0, 0.05) is 31.9 Å². The van der Waals surface area contributed by atoms with Gasteiger partial charge in [-0.25, -0.2) is 0 Å². The van der Waals surface area contributed by atoms with Crippen molar-refractivity contribution in [3.8, 4) is 5.75 Å². The fraction of sp³-hybridized carbons (Fsp3) is 0.571. The van der Waals surface area contributed by atoms with E-state index in [0.717, 1.165) is 24.2 Å². The minimum Gasteiger partial charge on any atom is -0.490 e. The van der Waals surface area contributed by atoms with Crippen molar-refractivity contribution in [2.75, 3.05) is 14.1 Å². The molecule has 0 N–H and O–H groups in total. The highest BCUT2D eigenvalue weighted by Gasteiger charge is 2.26. The predicted molar refractivity (Wildman–Crippen MR) is 70.0 cm³/mol. The topological polar surface area (TPSA) is 42.4 Å². The number of carbonyl (C=O) groups is 1. The lowest BCUT2D eigenvalue weighted by Gasteiger charge is -2.16. The number of nitrogens with zero attached hydrogens (tertiary/aromatic N) is 2. The Hall–Kier alpha value is -1.58. The van der Waals surface area contributed by atoms with Gasteiger partial charge in [-0.3, -0.25) is 9.78 Å². The normalized spacial score (nSPS) is 14.7. The summed E-state index contributed by atoms with van der Waals surface area (Å²) in [6.45, 7) is 4.20. The van der Waals surface area contributed by atoms with E-state index in [2.05, 4.69) is 18.8 Å². The van der Waals surface area contributed by atoms with Crippen LogP contribution in [0.1, 0.15) is 48.7 Å². The highest BCUT2D eigenvalue weighted by atomic mass is 16.5. The van der Waals surface area contributed by atoms with Gasteiger partial charge in [0.25, 0.3) is 5.91 Å². The lowest BCUT2D eigenvalue weighted by Crippen LogP contribution is -2.23. The van der Waals surface area contributed by atoms with Gasteiger partial charge in [0.05, 0.1) is 6.10 Å². The zero-order chi connectivity index (χ0) is 13.3. The molecule has 0 aliphatic heterocycles. The Morgan fingerprint density at radius 3 is 2.61 bits per heavy atom. The molecule has 1 aliphatic rings. The molecule has 1 aliphatic carbocycles. The van der Waals surface area contributed by atoms with Gasteiger partial charge in [-0.1, -0.05) is 13.8 Å². The van der Waals surface area contributed by atoms with E-state index in [1.54, 1.807) is 26.4 Å². The lowest BCUT2D eigenvalue weighted by atomic mass is 10.0. The van der Waals surface area contributed by atoms with Gasteiger partial charge in [-0.15, -0.1) is 0 Å². The molecule has 0 saturated heterocycles. The van der Waals surface area contributed by atoms with Gasteiger partial charge < -0.3 is 9.64 Å². The molecule has 0 spiro atoms. The van der Waals surface area contributed by atoms with E-state index in [1.165, 1.54) is 4.90 Å². The van der Waals surface area contributed by atoms with E-state index < -0.39 is 0 Å². The molecule has 0 aromatic carbocycles. The molecule has 1 aromatic rings. The number of aromatic nitrogens is 1. The third-order valence-electron chi connectivity index (χ3n) is 2.96. The van der Waals surface area contributed by atoms with Gasteiger partial charge in [-0.2, -0.15) is 0 Å². The zero-order valence-corrected chi connectivity index (χ0v) is 11.4. The molecule has 2 rings (SSSR count). The molecule has 18 heavy (non-hydrogen) atoms. The molecule has 4 nitrogen and oxygen atoms in total. The predicted octanol–water partition coefficient (Wildman–Crippen LogP) is 2.45. The van der Waals surface area contributed by atoms with Crippen LogP contribution in [0.5, 0.6) is 5.75 Å². The van der Waals surface area contributed by atoms with Crippen molar-refractivity contribution in [1.82, 2.24) is 9.88 Å². The van der Waals surface area contributed by atoms with Gasteiger partial charge in [0.1, 0.15) is 11.4 Å². The molecule has 1 aromatic heterocycles. The van der Waals surface area contributed by atoms with E-state index >= 15 is 0 Å². The molecule has 0 radical (unpaired) electrons. The van der Waals surface area contributed by atoms with Crippen LogP contribution in [0.15, 0.2) is 12.3 Å². The second-order valence-corrected chi connectivity index (χ2v) is 5.28. The van der Waals surface area contributed by atoms with E-state index in [-0.39, 0.29) is 5.91 Å². The third kappa shape index (κ3) is 2.81. The molecule has 1 fully saturated rings. The molecule has 1 saturated carbocycles. The highest BCUT2D eigenvalue weighted by molar-refractivity contribution is 5.92. The maximum atomic E-state index is 11.9. The maximum absolute atomic E-state index is 11.9. The Labute approximate surface area is 108 Å². The smallest absolute Gasteiger partial charge is 0.272 e. The van der Waals surface area contributed by atoms with Crippen LogP contribution in [0.4, 0.5) is 0 Å². The molecule has 0 atom stereocenters. The van der Waals surface area contributed by atoms with Gasteiger partial charge in [0.15, 0.2) is 0 Å². The van der Waals surface area contributed by atoms with Crippen LogP contribution in [0.2, 0.25) is 0 Å². The molecule has 0 bridgehead atoms. The lowest BCUT2D eigenvalue weighted by molar-refractivity contribution is 0.0821. The largest absolute Gasteiger partial charge is 0.490 e. The standard InChI is InChI=1S/C14H20N2O2/c1-9(2)11-8-15-12(14(17)16(3)4)7-13(11)18-10-5-6-10/h7-10H,5-6H2,1-4H3. The Balaban J connectivity index is 2.31. The molecule has 1 amide bonds. The van der Waals surface area contributed by atoms with Crippen LogP contribution in [0.3, 0.4) is 0 Å². The fourth-order valence-electron chi connectivity index (χ4n) is 1.69. The summed E-state index contributed by atoms with van der Waals surface area (Å²) in [5.74, 6) is 1.06. The van der Waals surface area contributed by atoms with Crippen molar-refractivity contribution in [3.05, 3.63) is 23.5 Å². The Morgan fingerprint density at radius 2 is 2.11 bits per heavy atom. The first-order chi connectivity index (χ1) is 8.49. The van der Waals surface area contributed by atoms with E-state index in [4.69, 9.17) is 4.74 Å². The molecule has 98 valence electrons. The van der Waals surface area contributed by atoms with Crippen molar-refractivity contribution < 1.29 is 9.53 Å². The summed E-state index contributed by atoms with van der Waals surface area (Å²) in [6.07, 6.45) is 4.31. The maximum Gasteiger partial charge on any atom is 0.272 e. The summed E-state index contributed by atoms with van der Waals surface area (Å²) < 4.78 is 5.88. The fourth-order valence-corrected chi connectivity index (χ4v) is 1.69. The average molecular weight is 248 g/mol. The Kier molecular flexibility index (Phi) is 3.55. The van der Waals surface area contributed by atoms with Gasteiger partial charge in [0.2, 0.25) is 0 Å². The second kappa shape index (κ2) is 4.96. The monoisotopic (exact) mass is 248 g/mol. The SMILES string of the molecule is CC(C)c1cnc(C(=O)N(C)C)cc1OC1CC1. The van der Waals surface area contributed by atoms with E-state index in [9.17, 15) is 4.79 Å². The van der Waals surface area contributed by atoms with Crippen LogP contribution < -0.4 is 4.74 Å². The van der Waals surface area contributed by atoms with Crippen LogP contribution >= 0.6 is 0 Å². The summed E-state index contributed by atoms with van der Waals surface area (Å²) in [5.41, 5.74) is 1.51. The minimum atomic E-state index is -0.0917. The number of pyridine rings is 1.